The number of nitrogens with zero attached hydrogens (tertiary/aromatic N) is 3. The zero-order chi connectivity index (χ0) is 27.8. The van der Waals surface area contributed by atoms with Crippen molar-refractivity contribution >= 4 is 27.5 Å². The van der Waals surface area contributed by atoms with E-state index in [0.29, 0.717) is 69.9 Å². The molecule has 1 amide bonds. The van der Waals surface area contributed by atoms with Crippen molar-refractivity contribution in [1.29, 1.82) is 0 Å². The Hall–Kier alpha value is -2.11. The number of aliphatic hydroxyl groups excluding tert-OH is 1. The van der Waals surface area contributed by atoms with Gasteiger partial charge >= 0.3 is 0 Å². The third kappa shape index (κ3) is 6.00. The van der Waals surface area contributed by atoms with Crippen molar-refractivity contribution < 1.29 is 27.1 Å². The van der Waals surface area contributed by atoms with Crippen LogP contribution in [0.25, 0.3) is 0 Å². The molecule has 7 nitrogen and oxygen atoms in total. The number of β-amino-alcohol motifs (C(OH)–C–C–N with tert-alkyl or cyclic N) is 1. The van der Waals surface area contributed by atoms with E-state index < -0.39 is 39.2 Å². The van der Waals surface area contributed by atoms with Crippen LogP contribution in [0.5, 0.6) is 0 Å². The highest BCUT2D eigenvalue weighted by Gasteiger charge is 2.57. The Labute approximate surface area is 233 Å². The number of piperidine rings is 1. The fraction of sp³-hybridized carbons (Fsp3) is 0.536. The summed E-state index contributed by atoms with van der Waals surface area (Å²) in [5.41, 5.74) is -0.250. The average Bonchev–Trinajstić information content (AvgIpc) is 3.69. The number of rotatable bonds is 8. The van der Waals surface area contributed by atoms with Gasteiger partial charge in [0.25, 0.3) is 0 Å². The van der Waals surface area contributed by atoms with Crippen molar-refractivity contribution in [1.82, 2.24) is 14.1 Å². The predicted molar refractivity (Wildman–Crippen MR) is 144 cm³/mol. The fourth-order valence-electron chi connectivity index (χ4n) is 6.26. The number of benzene rings is 2. The van der Waals surface area contributed by atoms with Gasteiger partial charge in [-0.25, -0.2) is 17.2 Å². The largest absolute Gasteiger partial charge is 0.395 e. The van der Waals surface area contributed by atoms with E-state index in [-0.39, 0.29) is 29.4 Å². The molecule has 3 fully saturated rings. The van der Waals surface area contributed by atoms with Crippen LogP contribution in [0.2, 0.25) is 5.02 Å². The highest BCUT2D eigenvalue weighted by Crippen LogP contribution is 2.58. The molecule has 39 heavy (non-hydrogen) atoms. The first-order valence-corrected chi connectivity index (χ1v) is 15.3. The van der Waals surface area contributed by atoms with Crippen molar-refractivity contribution in [3.8, 4) is 0 Å². The summed E-state index contributed by atoms with van der Waals surface area (Å²) in [6.45, 7) is 3.16. The van der Waals surface area contributed by atoms with E-state index >= 15 is 0 Å². The first-order chi connectivity index (χ1) is 18.6. The molecule has 11 heteroatoms. The van der Waals surface area contributed by atoms with Crippen LogP contribution in [0.3, 0.4) is 0 Å². The van der Waals surface area contributed by atoms with E-state index in [1.54, 1.807) is 0 Å². The lowest BCUT2D eigenvalue weighted by molar-refractivity contribution is -0.135. The first-order valence-electron chi connectivity index (χ1n) is 13.5. The Morgan fingerprint density at radius 3 is 2.23 bits per heavy atom. The molecule has 2 aromatic carbocycles. The van der Waals surface area contributed by atoms with E-state index in [1.165, 1.54) is 40.7 Å². The van der Waals surface area contributed by atoms with Crippen molar-refractivity contribution in [2.75, 3.05) is 39.3 Å². The number of halogens is 3. The average molecular weight is 582 g/mol. The maximum atomic E-state index is 14.3. The molecular formula is C28H34ClF2N3O4S. The monoisotopic (exact) mass is 581 g/mol. The maximum Gasteiger partial charge on any atom is 0.243 e. The minimum absolute atomic E-state index is 0.00101. The van der Waals surface area contributed by atoms with Crippen LogP contribution in [0.15, 0.2) is 47.4 Å². The van der Waals surface area contributed by atoms with Gasteiger partial charge < -0.3 is 10.0 Å². The number of carbonyl (C=O) groups excluding carboxylic acids is 1. The second-order valence-corrected chi connectivity index (χ2v) is 13.2. The molecule has 2 aliphatic heterocycles. The first kappa shape index (κ1) is 28.4. The van der Waals surface area contributed by atoms with E-state index in [9.17, 15) is 27.1 Å². The van der Waals surface area contributed by atoms with Gasteiger partial charge in [0.15, 0.2) is 0 Å². The van der Waals surface area contributed by atoms with Crippen LogP contribution in [0, 0.1) is 17.0 Å². The van der Waals surface area contributed by atoms with E-state index in [4.69, 9.17) is 11.6 Å². The van der Waals surface area contributed by atoms with Crippen LogP contribution in [0.1, 0.15) is 50.1 Å². The SMILES string of the molecule is O=C(CC1(C2CCCC(c3cc(F)cc(F)c3)N2S(=O)(=O)c2ccc(Cl)cc2)CC1)N1CCN(CCO)CC1. The number of amides is 1. The summed E-state index contributed by atoms with van der Waals surface area (Å²) in [6, 6.07) is 7.87. The van der Waals surface area contributed by atoms with Crippen molar-refractivity contribution in [2.45, 2.75) is 55.5 Å². The Bertz CT molecular complexity index is 1280. The van der Waals surface area contributed by atoms with Crippen molar-refractivity contribution in [3.63, 3.8) is 0 Å². The number of aliphatic hydroxyl groups is 1. The smallest absolute Gasteiger partial charge is 0.243 e. The van der Waals surface area contributed by atoms with Gasteiger partial charge in [-0.15, -0.1) is 0 Å². The molecule has 5 rings (SSSR count). The summed E-state index contributed by atoms with van der Waals surface area (Å²) < 4.78 is 58.4. The molecular weight excluding hydrogens is 548 g/mol. The minimum atomic E-state index is -4.09. The summed E-state index contributed by atoms with van der Waals surface area (Å²) in [7, 11) is -4.09. The molecule has 0 radical (unpaired) electrons. The molecule has 0 aromatic heterocycles. The van der Waals surface area contributed by atoms with Gasteiger partial charge in [0, 0.05) is 56.3 Å². The highest BCUT2D eigenvalue weighted by atomic mass is 35.5. The zero-order valence-electron chi connectivity index (χ0n) is 21.7. The standard InChI is InChI=1S/C28H34ClF2N3O4S/c29-21-4-6-24(7-5-21)39(37,38)34-25(20-16-22(30)18-23(31)17-20)2-1-3-26(34)28(8-9-28)19-27(36)33-12-10-32(11-13-33)14-15-35/h4-7,16-18,25-26,35H,1-3,8-15,19H2. The topological polar surface area (TPSA) is 81.2 Å². The molecule has 212 valence electrons. The van der Waals surface area contributed by atoms with Crippen LogP contribution >= 0.6 is 11.6 Å². The molecule has 0 bridgehead atoms. The van der Waals surface area contributed by atoms with Crippen LogP contribution in [-0.2, 0) is 14.8 Å². The Balaban J connectivity index is 1.46. The van der Waals surface area contributed by atoms with Gasteiger partial charge in [0.2, 0.25) is 15.9 Å². The van der Waals surface area contributed by atoms with Gasteiger partial charge in [-0.05, 0) is 79.5 Å². The van der Waals surface area contributed by atoms with Gasteiger partial charge in [0.1, 0.15) is 11.6 Å². The summed E-state index contributed by atoms with van der Waals surface area (Å²) in [4.78, 5) is 17.4. The third-order valence-corrected chi connectivity index (χ3v) is 10.7. The second-order valence-electron chi connectivity index (χ2n) is 10.9. The lowest BCUT2D eigenvalue weighted by atomic mass is 9.82. The van der Waals surface area contributed by atoms with Gasteiger partial charge in [-0.1, -0.05) is 11.6 Å². The quantitative estimate of drug-likeness (QED) is 0.505. The third-order valence-electron chi connectivity index (χ3n) is 8.47. The molecule has 1 saturated carbocycles. The number of hydrogen-bond donors (Lipinski definition) is 1. The number of piperazine rings is 1. The Morgan fingerprint density at radius 1 is 1.00 bits per heavy atom. The summed E-state index contributed by atoms with van der Waals surface area (Å²) in [6.07, 6.45) is 3.32. The van der Waals surface area contributed by atoms with E-state index in [1.807, 2.05) is 4.90 Å². The summed E-state index contributed by atoms with van der Waals surface area (Å²) >= 11 is 6.03. The van der Waals surface area contributed by atoms with Crippen LogP contribution < -0.4 is 0 Å². The van der Waals surface area contributed by atoms with E-state index in [2.05, 4.69) is 4.90 Å². The molecule has 2 heterocycles. The van der Waals surface area contributed by atoms with Crippen LogP contribution in [0.4, 0.5) is 8.78 Å². The molecule has 1 N–H and O–H groups in total. The predicted octanol–water partition coefficient (Wildman–Crippen LogP) is 4.21. The maximum absolute atomic E-state index is 14.3. The van der Waals surface area contributed by atoms with Gasteiger partial charge in [-0.3, -0.25) is 9.69 Å². The molecule has 2 unspecified atom stereocenters. The molecule has 2 saturated heterocycles. The molecule has 3 aliphatic rings. The lowest BCUT2D eigenvalue weighted by Gasteiger charge is -2.45. The number of hydrogen-bond acceptors (Lipinski definition) is 5. The Kier molecular flexibility index (Phi) is 8.31. The summed E-state index contributed by atoms with van der Waals surface area (Å²) in [5.74, 6) is -1.51. The number of sulfonamides is 1. The highest BCUT2D eigenvalue weighted by molar-refractivity contribution is 7.89. The van der Waals surface area contributed by atoms with Gasteiger partial charge in [0.05, 0.1) is 17.5 Å². The lowest BCUT2D eigenvalue weighted by Crippen LogP contribution is -2.53. The molecule has 2 atom stereocenters. The minimum Gasteiger partial charge on any atom is -0.395 e. The summed E-state index contributed by atoms with van der Waals surface area (Å²) in [5, 5.41) is 9.59. The second kappa shape index (κ2) is 11.4. The van der Waals surface area contributed by atoms with Crippen molar-refractivity contribution in [3.05, 3.63) is 64.7 Å². The molecule has 1 aliphatic carbocycles. The number of carbonyl (C=O) groups is 1. The van der Waals surface area contributed by atoms with Gasteiger partial charge in [-0.2, -0.15) is 4.31 Å². The van der Waals surface area contributed by atoms with E-state index in [0.717, 1.165) is 6.07 Å². The zero-order valence-corrected chi connectivity index (χ0v) is 23.3. The Morgan fingerprint density at radius 2 is 1.64 bits per heavy atom. The fourth-order valence-corrected chi connectivity index (χ4v) is 8.34. The molecule has 0 spiro atoms. The van der Waals surface area contributed by atoms with Crippen LogP contribution in [-0.4, -0.2) is 78.9 Å². The molecule has 2 aromatic rings. The van der Waals surface area contributed by atoms with Crippen molar-refractivity contribution in [2.24, 2.45) is 5.41 Å². The normalized spacial score (nSPS) is 24.1.